The molecule has 0 spiro atoms. The predicted molar refractivity (Wildman–Crippen MR) is 98.3 cm³/mol. The molecule has 146 valence electrons. The Morgan fingerprint density at radius 3 is 2.52 bits per heavy atom. The first-order valence-electron chi connectivity index (χ1n) is 8.50. The molecule has 0 fully saturated rings. The van der Waals surface area contributed by atoms with Gasteiger partial charge in [0.1, 0.15) is 0 Å². The molecule has 2 aromatic heterocycles. The Kier molecular flexibility index (Phi) is 4.50. The monoisotopic (exact) mass is 398 g/mol. The highest BCUT2D eigenvalue weighted by molar-refractivity contribution is 5.58. The maximum atomic E-state index is 12.9. The van der Waals surface area contributed by atoms with Gasteiger partial charge in [-0.25, -0.2) is 4.68 Å². The third kappa shape index (κ3) is 3.79. The normalized spacial score (nSPS) is 11.6. The topological polar surface area (TPSA) is 73.8 Å². The molecule has 0 radical (unpaired) electrons. The Balaban J connectivity index is 1.72. The van der Waals surface area contributed by atoms with Crippen molar-refractivity contribution in [2.24, 2.45) is 0 Å². The smallest absolute Gasteiger partial charge is 0.332 e. The van der Waals surface area contributed by atoms with Crippen molar-refractivity contribution < 1.29 is 17.7 Å². The van der Waals surface area contributed by atoms with Crippen molar-refractivity contribution in [2.75, 3.05) is 0 Å². The van der Waals surface area contributed by atoms with Crippen molar-refractivity contribution in [3.63, 3.8) is 0 Å². The second-order valence-electron chi connectivity index (χ2n) is 6.31. The molecular weight excluding hydrogens is 385 g/mol. The van der Waals surface area contributed by atoms with Crippen LogP contribution in [0, 0.1) is 6.92 Å². The van der Waals surface area contributed by atoms with Crippen LogP contribution in [0.15, 0.2) is 70.1 Å². The SMILES string of the molecule is Cc1ccc(-n2ccc(=O)c(-c3nc(-c4cccc(C(F)(F)F)c4)no3)n2)cc1. The molecular formula is C20H13F3N4O2. The van der Waals surface area contributed by atoms with Crippen LogP contribution in [0.4, 0.5) is 13.2 Å². The molecule has 29 heavy (non-hydrogen) atoms. The van der Waals surface area contributed by atoms with Crippen LogP contribution in [-0.2, 0) is 6.18 Å². The number of alkyl halides is 3. The largest absolute Gasteiger partial charge is 0.416 e. The first-order chi connectivity index (χ1) is 13.8. The molecule has 0 amide bonds. The summed E-state index contributed by atoms with van der Waals surface area (Å²) >= 11 is 0. The Morgan fingerprint density at radius 1 is 1.03 bits per heavy atom. The third-order valence-corrected chi connectivity index (χ3v) is 4.18. The lowest BCUT2D eigenvalue weighted by atomic mass is 10.1. The van der Waals surface area contributed by atoms with Crippen LogP contribution in [0.3, 0.4) is 0 Å². The molecule has 9 heteroatoms. The summed E-state index contributed by atoms with van der Waals surface area (Å²) < 4.78 is 45.3. The minimum atomic E-state index is -4.49. The maximum Gasteiger partial charge on any atom is 0.416 e. The second-order valence-corrected chi connectivity index (χ2v) is 6.31. The summed E-state index contributed by atoms with van der Waals surface area (Å²) in [6.07, 6.45) is -2.99. The van der Waals surface area contributed by atoms with Gasteiger partial charge in [-0.15, -0.1) is 0 Å². The van der Waals surface area contributed by atoms with Crippen LogP contribution < -0.4 is 5.43 Å². The van der Waals surface area contributed by atoms with Gasteiger partial charge in [-0.05, 0) is 31.2 Å². The first-order valence-corrected chi connectivity index (χ1v) is 8.50. The second kappa shape index (κ2) is 7.01. The predicted octanol–water partition coefficient (Wildman–Crippen LogP) is 4.28. The minimum absolute atomic E-state index is 0.0713. The van der Waals surface area contributed by atoms with Crippen molar-refractivity contribution in [2.45, 2.75) is 13.1 Å². The van der Waals surface area contributed by atoms with Crippen molar-refractivity contribution in [3.8, 4) is 28.7 Å². The van der Waals surface area contributed by atoms with Crippen LogP contribution in [0.1, 0.15) is 11.1 Å². The van der Waals surface area contributed by atoms with E-state index >= 15 is 0 Å². The highest BCUT2D eigenvalue weighted by atomic mass is 19.4. The lowest BCUT2D eigenvalue weighted by Crippen LogP contribution is -2.12. The molecule has 2 aromatic carbocycles. The van der Waals surface area contributed by atoms with E-state index in [1.165, 1.54) is 29.1 Å². The molecule has 0 saturated heterocycles. The van der Waals surface area contributed by atoms with Crippen molar-refractivity contribution in [1.29, 1.82) is 0 Å². The standard InChI is InChI=1S/C20H13F3N4O2/c1-12-5-7-15(8-6-12)27-10-9-16(28)17(25-27)19-24-18(26-29-19)13-3-2-4-14(11-13)20(21,22)23/h2-11H,1H3. The Labute approximate surface area is 162 Å². The van der Waals surface area contributed by atoms with E-state index in [0.29, 0.717) is 0 Å². The third-order valence-electron chi connectivity index (χ3n) is 4.18. The van der Waals surface area contributed by atoms with Crippen molar-refractivity contribution >= 4 is 0 Å². The zero-order chi connectivity index (χ0) is 20.6. The molecule has 0 aliphatic carbocycles. The lowest BCUT2D eigenvalue weighted by Gasteiger charge is -2.06. The fourth-order valence-electron chi connectivity index (χ4n) is 2.67. The van der Waals surface area contributed by atoms with Crippen LogP contribution in [-0.4, -0.2) is 19.9 Å². The molecule has 4 rings (SSSR count). The van der Waals surface area contributed by atoms with E-state index in [4.69, 9.17) is 4.52 Å². The molecule has 0 saturated carbocycles. The van der Waals surface area contributed by atoms with Crippen molar-refractivity contribution in [1.82, 2.24) is 19.9 Å². The summed E-state index contributed by atoms with van der Waals surface area (Å²) in [5, 5.41) is 7.93. The van der Waals surface area contributed by atoms with Gasteiger partial charge >= 0.3 is 6.18 Å². The van der Waals surface area contributed by atoms with Gasteiger partial charge in [-0.1, -0.05) is 35.0 Å². The first kappa shape index (κ1) is 18.6. The van der Waals surface area contributed by atoms with Gasteiger partial charge in [-0.3, -0.25) is 4.79 Å². The van der Waals surface area contributed by atoms with Crippen LogP contribution in [0.2, 0.25) is 0 Å². The molecule has 0 N–H and O–H groups in total. The fraction of sp³-hybridized carbons (Fsp3) is 0.100. The number of rotatable bonds is 3. The van der Waals surface area contributed by atoms with E-state index in [-0.39, 0.29) is 23.0 Å². The van der Waals surface area contributed by atoms with Gasteiger partial charge < -0.3 is 4.52 Å². The molecule has 0 aliphatic rings. The zero-order valence-corrected chi connectivity index (χ0v) is 15.0. The van der Waals surface area contributed by atoms with E-state index in [2.05, 4.69) is 15.2 Å². The summed E-state index contributed by atoms with van der Waals surface area (Å²) in [6, 6.07) is 13.3. The summed E-state index contributed by atoms with van der Waals surface area (Å²) in [6.45, 7) is 1.95. The Morgan fingerprint density at radius 2 is 1.79 bits per heavy atom. The summed E-state index contributed by atoms with van der Waals surface area (Å²) in [4.78, 5) is 16.3. The average molecular weight is 398 g/mol. The highest BCUT2D eigenvalue weighted by Gasteiger charge is 2.31. The number of aromatic nitrogens is 4. The number of benzene rings is 2. The average Bonchev–Trinajstić information content (AvgIpc) is 3.19. The molecule has 6 nitrogen and oxygen atoms in total. The van der Waals surface area contributed by atoms with E-state index in [9.17, 15) is 18.0 Å². The van der Waals surface area contributed by atoms with E-state index in [0.717, 1.165) is 23.4 Å². The van der Waals surface area contributed by atoms with Crippen LogP contribution in [0.25, 0.3) is 28.7 Å². The lowest BCUT2D eigenvalue weighted by molar-refractivity contribution is -0.137. The number of nitrogens with zero attached hydrogens (tertiary/aromatic N) is 4. The quantitative estimate of drug-likeness (QED) is 0.515. The van der Waals surface area contributed by atoms with E-state index in [1.807, 2.05) is 31.2 Å². The molecule has 4 aromatic rings. The molecule has 0 unspecified atom stereocenters. The van der Waals surface area contributed by atoms with E-state index < -0.39 is 17.2 Å². The van der Waals surface area contributed by atoms with Gasteiger partial charge in [0.05, 0.1) is 11.3 Å². The van der Waals surface area contributed by atoms with Crippen molar-refractivity contribution in [3.05, 3.63) is 82.1 Å². The highest BCUT2D eigenvalue weighted by Crippen LogP contribution is 2.31. The summed E-state index contributed by atoms with van der Waals surface area (Å²) in [5.41, 5.74) is 0.518. The van der Waals surface area contributed by atoms with Crippen LogP contribution >= 0.6 is 0 Å². The molecule has 0 bridgehead atoms. The summed E-state index contributed by atoms with van der Waals surface area (Å²) in [5.74, 6) is -0.248. The van der Waals surface area contributed by atoms with Gasteiger partial charge in [0, 0.05) is 17.8 Å². The number of hydrogen-bond acceptors (Lipinski definition) is 5. The molecule has 0 atom stereocenters. The number of halogens is 3. The molecule has 2 heterocycles. The van der Waals surface area contributed by atoms with Gasteiger partial charge in [0.15, 0.2) is 5.69 Å². The zero-order valence-electron chi connectivity index (χ0n) is 15.0. The Hall–Kier alpha value is -3.75. The minimum Gasteiger partial charge on any atom is -0.332 e. The number of hydrogen-bond donors (Lipinski definition) is 0. The maximum absolute atomic E-state index is 12.9. The van der Waals surface area contributed by atoms with Gasteiger partial charge in [0.25, 0.3) is 5.89 Å². The number of aryl methyl sites for hydroxylation is 1. The Bertz CT molecular complexity index is 1230. The molecule has 0 aliphatic heterocycles. The van der Waals surface area contributed by atoms with E-state index in [1.54, 1.807) is 0 Å². The van der Waals surface area contributed by atoms with Crippen LogP contribution in [0.5, 0.6) is 0 Å². The fourth-order valence-corrected chi connectivity index (χ4v) is 2.67. The van der Waals surface area contributed by atoms with Gasteiger partial charge in [-0.2, -0.15) is 23.3 Å². The summed E-state index contributed by atoms with van der Waals surface area (Å²) in [7, 11) is 0. The van der Waals surface area contributed by atoms with Gasteiger partial charge in [0.2, 0.25) is 11.3 Å².